The minimum atomic E-state index is -1.12. The van der Waals surface area contributed by atoms with Crippen LogP contribution in [0.1, 0.15) is 68.0 Å². The van der Waals surface area contributed by atoms with Crippen LogP contribution < -0.4 is 16.0 Å². The molecule has 0 aliphatic carbocycles. The van der Waals surface area contributed by atoms with Gasteiger partial charge in [0.1, 0.15) is 5.54 Å². The summed E-state index contributed by atoms with van der Waals surface area (Å²) in [6.45, 7) is 9.06. The molecule has 9 nitrogen and oxygen atoms in total. The maximum atomic E-state index is 13.6. The molecule has 0 spiro atoms. The van der Waals surface area contributed by atoms with Crippen molar-refractivity contribution in [3.05, 3.63) is 41.8 Å². The van der Waals surface area contributed by atoms with Crippen molar-refractivity contribution < 1.29 is 18.8 Å². The zero-order chi connectivity index (χ0) is 24.7. The van der Waals surface area contributed by atoms with E-state index in [9.17, 15) is 14.4 Å². The average Bonchev–Trinajstić information content (AvgIpc) is 3.26. The van der Waals surface area contributed by atoms with Crippen molar-refractivity contribution in [2.75, 3.05) is 13.1 Å². The van der Waals surface area contributed by atoms with Crippen LogP contribution in [-0.4, -0.2) is 57.7 Å². The molecule has 10 heteroatoms. The average molecular weight is 488 g/mol. The van der Waals surface area contributed by atoms with Crippen molar-refractivity contribution in [3.63, 3.8) is 0 Å². The third kappa shape index (κ3) is 6.66. The van der Waals surface area contributed by atoms with E-state index in [2.05, 4.69) is 26.1 Å². The zero-order valence-electron chi connectivity index (χ0n) is 20.1. The summed E-state index contributed by atoms with van der Waals surface area (Å²) < 4.78 is 5.55. The van der Waals surface area contributed by atoms with E-state index in [4.69, 9.17) is 4.42 Å². The summed E-state index contributed by atoms with van der Waals surface area (Å²) in [7, 11) is 0. The van der Waals surface area contributed by atoms with Gasteiger partial charge in [-0.15, -0.1) is 10.2 Å². The summed E-state index contributed by atoms with van der Waals surface area (Å²) >= 11 is 1.37. The molecule has 1 aliphatic rings. The van der Waals surface area contributed by atoms with Gasteiger partial charge >= 0.3 is 0 Å². The van der Waals surface area contributed by atoms with Crippen LogP contribution >= 0.6 is 11.8 Å². The van der Waals surface area contributed by atoms with E-state index in [1.54, 1.807) is 24.3 Å². The second-order valence-corrected chi connectivity index (χ2v) is 10.7. The number of hydrogen-bond acceptors (Lipinski definition) is 8. The van der Waals surface area contributed by atoms with Crippen molar-refractivity contribution in [2.24, 2.45) is 5.92 Å². The van der Waals surface area contributed by atoms with E-state index in [1.807, 2.05) is 33.8 Å². The molecule has 0 bridgehead atoms. The number of rotatable bonds is 10. The van der Waals surface area contributed by atoms with Gasteiger partial charge < -0.3 is 20.4 Å². The first-order valence-electron chi connectivity index (χ1n) is 11.6. The zero-order valence-corrected chi connectivity index (χ0v) is 20.9. The minimum absolute atomic E-state index is 0.123. The molecule has 3 rings (SSSR count). The SMILES string of the molecule is CC(C)C[C@H](NC(=O)C1(NC(=O)c2ccccc2)CCNCC1)C(=O)c1nnc(SC(C)C)o1. The Balaban J connectivity index is 1.80. The number of nitrogens with one attached hydrogen (secondary N) is 3. The standard InChI is InChI=1S/C24H33N5O4S/c1-15(2)14-18(19(30)21-28-29-23(33-21)34-16(3)4)26-22(32)24(10-12-25-13-11-24)27-20(31)17-8-6-5-7-9-17/h5-9,15-16,18,25H,10-14H2,1-4H3,(H,26,32)(H,27,31)/t18-/m0/s1. The van der Waals surface area contributed by atoms with Crippen LogP contribution in [0.5, 0.6) is 0 Å². The number of amides is 2. The van der Waals surface area contributed by atoms with E-state index in [0.717, 1.165) is 0 Å². The van der Waals surface area contributed by atoms with E-state index < -0.39 is 17.4 Å². The van der Waals surface area contributed by atoms with Crippen molar-refractivity contribution in [3.8, 4) is 0 Å². The van der Waals surface area contributed by atoms with Gasteiger partial charge in [0, 0.05) is 10.8 Å². The van der Waals surface area contributed by atoms with Crippen molar-refractivity contribution in [1.29, 1.82) is 0 Å². The Morgan fingerprint density at radius 2 is 1.76 bits per heavy atom. The number of piperidine rings is 1. The Hall–Kier alpha value is -2.72. The highest BCUT2D eigenvalue weighted by molar-refractivity contribution is 7.99. The molecule has 0 radical (unpaired) electrons. The normalized spacial score (nSPS) is 16.3. The minimum Gasteiger partial charge on any atom is -0.408 e. The van der Waals surface area contributed by atoms with E-state index in [1.165, 1.54) is 11.8 Å². The Morgan fingerprint density at radius 3 is 2.38 bits per heavy atom. The van der Waals surface area contributed by atoms with Crippen LogP contribution in [0.3, 0.4) is 0 Å². The third-order valence-electron chi connectivity index (χ3n) is 5.56. The van der Waals surface area contributed by atoms with Gasteiger partial charge in [-0.2, -0.15) is 0 Å². The molecule has 1 aromatic carbocycles. The van der Waals surface area contributed by atoms with Gasteiger partial charge in [0.25, 0.3) is 17.0 Å². The van der Waals surface area contributed by atoms with Crippen LogP contribution in [0, 0.1) is 5.92 Å². The summed E-state index contributed by atoms with van der Waals surface area (Å²) in [6, 6.07) is 7.94. The number of hydrogen-bond donors (Lipinski definition) is 3. The Kier molecular flexibility index (Phi) is 8.84. The van der Waals surface area contributed by atoms with Crippen LogP contribution in [0.25, 0.3) is 0 Å². The van der Waals surface area contributed by atoms with Crippen molar-refractivity contribution >= 4 is 29.4 Å². The molecule has 184 valence electrons. The van der Waals surface area contributed by atoms with E-state index in [0.29, 0.717) is 43.1 Å². The number of nitrogens with zero attached hydrogens (tertiary/aromatic N) is 2. The predicted octanol–water partition coefficient (Wildman–Crippen LogP) is 2.84. The number of benzene rings is 1. The maximum Gasteiger partial charge on any atom is 0.286 e. The lowest BCUT2D eigenvalue weighted by Crippen LogP contribution is -2.64. The van der Waals surface area contributed by atoms with Gasteiger partial charge in [0.2, 0.25) is 11.7 Å². The Labute approximate surface area is 204 Å². The van der Waals surface area contributed by atoms with Crippen molar-refractivity contribution in [2.45, 2.75) is 69.0 Å². The monoisotopic (exact) mass is 487 g/mol. The number of thioether (sulfide) groups is 1. The summed E-state index contributed by atoms with van der Waals surface area (Å²) in [4.78, 5) is 39.7. The molecule has 0 unspecified atom stereocenters. The molecule has 2 aromatic rings. The highest BCUT2D eigenvalue weighted by Crippen LogP contribution is 2.24. The summed E-state index contributed by atoms with van der Waals surface area (Å²) in [5.41, 5.74) is -0.648. The first kappa shape index (κ1) is 25.9. The molecule has 1 aromatic heterocycles. The second kappa shape index (κ2) is 11.6. The van der Waals surface area contributed by atoms with Crippen molar-refractivity contribution in [1.82, 2.24) is 26.1 Å². The number of ketones is 1. The molecule has 2 amide bonds. The smallest absolute Gasteiger partial charge is 0.286 e. The fourth-order valence-electron chi connectivity index (χ4n) is 3.85. The second-order valence-electron chi connectivity index (χ2n) is 9.21. The Bertz CT molecular complexity index is 986. The van der Waals surface area contributed by atoms with Gasteiger partial charge in [0.15, 0.2) is 0 Å². The molecule has 0 saturated carbocycles. The molecule has 34 heavy (non-hydrogen) atoms. The van der Waals surface area contributed by atoms with Crippen LogP contribution in [0.15, 0.2) is 40.0 Å². The molecule has 1 fully saturated rings. The molecule has 1 aliphatic heterocycles. The fourth-order valence-corrected chi connectivity index (χ4v) is 4.47. The number of aromatic nitrogens is 2. The molecule has 3 N–H and O–H groups in total. The molecular formula is C24H33N5O4S. The van der Waals surface area contributed by atoms with Gasteiger partial charge in [0.05, 0.1) is 6.04 Å². The maximum absolute atomic E-state index is 13.6. The topological polar surface area (TPSA) is 126 Å². The highest BCUT2D eigenvalue weighted by Gasteiger charge is 2.43. The fraction of sp³-hybridized carbons (Fsp3) is 0.542. The molecule has 2 heterocycles. The summed E-state index contributed by atoms with van der Waals surface area (Å²) in [5.74, 6) is -1.12. The van der Waals surface area contributed by atoms with Gasteiger partial charge in [-0.25, -0.2) is 0 Å². The lowest BCUT2D eigenvalue weighted by atomic mass is 9.86. The van der Waals surface area contributed by atoms with E-state index >= 15 is 0 Å². The van der Waals surface area contributed by atoms with Crippen LogP contribution in [0.4, 0.5) is 0 Å². The van der Waals surface area contributed by atoms with E-state index in [-0.39, 0.29) is 28.9 Å². The van der Waals surface area contributed by atoms with Gasteiger partial charge in [-0.05, 0) is 50.4 Å². The highest BCUT2D eigenvalue weighted by atomic mass is 32.2. The predicted molar refractivity (Wildman–Crippen MR) is 130 cm³/mol. The quantitative estimate of drug-likeness (QED) is 0.345. The van der Waals surface area contributed by atoms with Crippen LogP contribution in [0.2, 0.25) is 0 Å². The molecule has 1 atom stereocenters. The number of carbonyl (C=O) groups excluding carboxylic acids is 3. The van der Waals surface area contributed by atoms with Gasteiger partial charge in [-0.1, -0.05) is 57.7 Å². The Morgan fingerprint density at radius 1 is 1.09 bits per heavy atom. The number of Topliss-reactive ketones (excluding diaryl/α,β-unsaturated/α-hetero) is 1. The van der Waals surface area contributed by atoms with Crippen LogP contribution in [-0.2, 0) is 4.79 Å². The number of carbonyl (C=O) groups is 3. The largest absolute Gasteiger partial charge is 0.408 e. The summed E-state index contributed by atoms with van der Waals surface area (Å²) in [6.07, 6.45) is 1.23. The molecular weight excluding hydrogens is 454 g/mol. The summed E-state index contributed by atoms with van der Waals surface area (Å²) in [5, 5.41) is 17.5. The van der Waals surface area contributed by atoms with Gasteiger partial charge in [-0.3, -0.25) is 14.4 Å². The lowest BCUT2D eigenvalue weighted by molar-refractivity contribution is -0.129. The first-order chi connectivity index (χ1) is 16.2. The third-order valence-corrected chi connectivity index (χ3v) is 6.40. The molecule has 1 saturated heterocycles. The lowest BCUT2D eigenvalue weighted by Gasteiger charge is -2.38. The first-order valence-corrected chi connectivity index (χ1v) is 12.5.